The molecular weight excluding hydrogens is 258 g/mol. The van der Waals surface area contributed by atoms with Crippen LogP contribution < -0.4 is 20.6 Å². The van der Waals surface area contributed by atoms with E-state index in [1.54, 1.807) is 44.0 Å². The molecule has 0 fully saturated rings. The molecule has 1 aromatic carbocycles. The highest BCUT2D eigenvalue weighted by Crippen LogP contribution is 2.27. The molecular formula is C14H17N3O3. The van der Waals surface area contributed by atoms with Gasteiger partial charge in [-0.3, -0.25) is 4.79 Å². The molecule has 0 aliphatic rings. The average molecular weight is 275 g/mol. The van der Waals surface area contributed by atoms with E-state index < -0.39 is 0 Å². The van der Waals surface area contributed by atoms with Gasteiger partial charge < -0.3 is 15.2 Å². The van der Waals surface area contributed by atoms with Crippen LogP contribution in [0, 0.1) is 6.92 Å². The molecule has 0 aliphatic heterocycles. The molecule has 2 aromatic rings. The number of nitrogens with two attached hydrogens (primary N) is 1. The van der Waals surface area contributed by atoms with Gasteiger partial charge in [-0.05, 0) is 19.1 Å². The summed E-state index contributed by atoms with van der Waals surface area (Å²) in [5.41, 5.74) is 7.07. The van der Waals surface area contributed by atoms with E-state index in [2.05, 4.69) is 5.10 Å². The third-order valence-electron chi connectivity index (χ3n) is 2.99. The number of hydrogen-bond acceptors (Lipinski definition) is 5. The molecule has 0 saturated carbocycles. The summed E-state index contributed by atoms with van der Waals surface area (Å²) in [5.74, 6) is 1.31. The van der Waals surface area contributed by atoms with E-state index in [1.165, 1.54) is 6.07 Å². The maximum absolute atomic E-state index is 11.7. The van der Waals surface area contributed by atoms with E-state index in [1.807, 2.05) is 0 Å². The lowest BCUT2D eigenvalue weighted by Crippen LogP contribution is -2.21. The first-order valence-electron chi connectivity index (χ1n) is 6.13. The Morgan fingerprint density at radius 3 is 2.60 bits per heavy atom. The number of benzene rings is 1. The zero-order chi connectivity index (χ0) is 14.7. The van der Waals surface area contributed by atoms with Crippen molar-refractivity contribution in [1.82, 2.24) is 9.78 Å². The molecule has 0 amide bonds. The molecule has 1 heterocycles. The molecule has 0 unspecified atom stereocenters. The van der Waals surface area contributed by atoms with Crippen LogP contribution in [0.5, 0.6) is 11.5 Å². The van der Waals surface area contributed by atoms with E-state index in [-0.39, 0.29) is 12.0 Å². The first-order valence-corrected chi connectivity index (χ1v) is 6.13. The molecule has 0 atom stereocenters. The number of rotatable bonds is 4. The van der Waals surface area contributed by atoms with Crippen molar-refractivity contribution in [1.29, 1.82) is 0 Å². The van der Waals surface area contributed by atoms with Crippen molar-refractivity contribution in [3.05, 3.63) is 45.9 Å². The molecule has 0 bridgehead atoms. The van der Waals surface area contributed by atoms with E-state index in [0.29, 0.717) is 28.6 Å². The number of aromatic nitrogens is 2. The van der Waals surface area contributed by atoms with Crippen molar-refractivity contribution >= 4 is 0 Å². The molecule has 1 aromatic heterocycles. The Morgan fingerprint density at radius 2 is 2.00 bits per heavy atom. The van der Waals surface area contributed by atoms with E-state index in [0.717, 1.165) is 0 Å². The van der Waals surface area contributed by atoms with Crippen LogP contribution in [0.15, 0.2) is 29.1 Å². The van der Waals surface area contributed by atoms with Crippen LogP contribution in [0.1, 0.15) is 11.4 Å². The van der Waals surface area contributed by atoms with Crippen LogP contribution in [-0.2, 0) is 6.54 Å². The minimum Gasteiger partial charge on any atom is -0.497 e. The van der Waals surface area contributed by atoms with Gasteiger partial charge in [0.25, 0.3) is 0 Å². The fourth-order valence-electron chi connectivity index (χ4n) is 1.93. The van der Waals surface area contributed by atoms with Crippen molar-refractivity contribution in [3.63, 3.8) is 0 Å². The predicted octanol–water partition coefficient (Wildman–Crippen LogP) is 1.02. The zero-order valence-corrected chi connectivity index (χ0v) is 11.7. The van der Waals surface area contributed by atoms with Crippen LogP contribution in [0.25, 0.3) is 5.69 Å². The van der Waals surface area contributed by atoms with Crippen LogP contribution in [0.3, 0.4) is 0 Å². The summed E-state index contributed by atoms with van der Waals surface area (Å²) in [4.78, 5) is 11.7. The van der Waals surface area contributed by atoms with Gasteiger partial charge in [0.2, 0.25) is 5.43 Å². The Kier molecular flexibility index (Phi) is 4.05. The number of aryl methyl sites for hydroxylation is 1. The molecule has 2 rings (SSSR count). The molecule has 0 aliphatic carbocycles. The van der Waals surface area contributed by atoms with Gasteiger partial charge in [0.15, 0.2) is 0 Å². The SMILES string of the molecule is COc1ccc(OC)c(-n2nc(CN)c(=O)cc2C)c1. The molecule has 0 radical (unpaired) electrons. The largest absolute Gasteiger partial charge is 0.497 e. The predicted molar refractivity (Wildman–Crippen MR) is 75.6 cm³/mol. The molecule has 0 spiro atoms. The van der Waals surface area contributed by atoms with Gasteiger partial charge in [-0.15, -0.1) is 0 Å². The normalized spacial score (nSPS) is 10.4. The summed E-state index contributed by atoms with van der Waals surface area (Å²) >= 11 is 0. The quantitative estimate of drug-likeness (QED) is 0.901. The van der Waals surface area contributed by atoms with Crippen molar-refractivity contribution in [2.24, 2.45) is 5.73 Å². The number of hydrogen-bond donors (Lipinski definition) is 1. The molecule has 2 N–H and O–H groups in total. The summed E-state index contributed by atoms with van der Waals surface area (Å²) in [6, 6.07) is 6.89. The Bertz CT molecular complexity index is 680. The number of methoxy groups -OCH3 is 2. The second kappa shape index (κ2) is 5.75. The van der Waals surface area contributed by atoms with Crippen LogP contribution in [-0.4, -0.2) is 24.0 Å². The summed E-state index contributed by atoms with van der Waals surface area (Å²) in [6.45, 7) is 1.89. The molecule has 0 saturated heterocycles. The minimum absolute atomic E-state index is 0.0887. The highest BCUT2D eigenvalue weighted by atomic mass is 16.5. The smallest absolute Gasteiger partial charge is 0.204 e. The second-order valence-electron chi connectivity index (χ2n) is 4.25. The lowest BCUT2D eigenvalue weighted by atomic mass is 10.2. The highest BCUT2D eigenvalue weighted by molar-refractivity contribution is 5.51. The van der Waals surface area contributed by atoms with E-state index >= 15 is 0 Å². The third-order valence-corrected chi connectivity index (χ3v) is 2.99. The minimum atomic E-state index is -0.164. The van der Waals surface area contributed by atoms with Crippen LogP contribution in [0.2, 0.25) is 0 Å². The van der Waals surface area contributed by atoms with Gasteiger partial charge in [-0.25, -0.2) is 4.68 Å². The summed E-state index contributed by atoms with van der Waals surface area (Å²) < 4.78 is 12.2. The zero-order valence-electron chi connectivity index (χ0n) is 11.7. The summed E-state index contributed by atoms with van der Waals surface area (Å²) in [5, 5.41) is 4.29. The number of nitrogens with zero attached hydrogens (tertiary/aromatic N) is 2. The van der Waals surface area contributed by atoms with Crippen molar-refractivity contribution in [2.75, 3.05) is 14.2 Å². The lowest BCUT2D eigenvalue weighted by Gasteiger charge is -2.15. The Labute approximate surface area is 116 Å². The van der Waals surface area contributed by atoms with Crippen LogP contribution >= 0.6 is 0 Å². The Hall–Kier alpha value is -2.34. The van der Waals surface area contributed by atoms with Crippen molar-refractivity contribution < 1.29 is 9.47 Å². The van der Waals surface area contributed by atoms with Gasteiger partial charge in [0.05, 0.1) is 14.2 Å². The first kappa shape index (κ1) is 14.1. The standard InChI is InChI=1S/C14H17N3O3/c1-9-6-13(18)11(8-15)16-17(9)12-7-10(19-2)4-5-14(12)20-3/h4-7H,8,15H2,1-3H3. The topological polar surface area (TPSA) is 79.4 Å². The first-order chi connectivity index (χ1) is 9.60. The summed E-state index contributed by atoms with van der Waals surface area (Å²) in [7, 11) is 3.16. The number of ether oxygens (including phenoxy) is 2. The fourth-order valence-corrected chi connectivity index (χ4v) is 1.93. The van der Waals surface area contributed by atoms with Gasteiger partial charge in [-0.1, -0.05) is 0 Å². The summed E-state index contributed by atoms with van der Waals surface area (Å²) in [6.07, 6.45) is 0. The molecule has 20 heavy (non-hydrogen) atoms. The Balaban J connectivity index is 2.69. The molecule has 6 heteroatoms. The van der Waals surface area contributed by atoms with Crippen molar-refractivity contribution in [3.8, 4) is 17.2 Å². The van der Waals surface area contributed by atoms with Gasteiger partial charge >= 0.3 is 0 Å². The van der Waals surface area contributed by atoms with E-state index in [4.69, 9.17) is 15.2 Å². The van der Waals surface area contributed by atoms with Gasteiger partial charge in [0, 0.05) is 24.4 Å². The second-order valence-corrected chi connectivity index (χ2v) is 4.25. The van der Waals surface area contributed by atoms with Crippen molar-refractivity contribution in [2.45, 2.75) is 13.5 Å². The third kappa shape index (κ3) is 2.50. The molecule has 6 nitrogen and oxygen atoms in total. The average Bonchev–Trinajstić information content (AvgIpc) is 2.47. The Morgan fingerprint density at radius 1 is 1.25 bits per heavy atom. The highest BCUT2D eigenvalue weighted by Gasteiger charge is 2.12. The molecule has 106 valence electrons. The maximum atomic E-state index is 11.7. The van der Waals surface area contributed by atoms with Crippen LogP contribution in [0.4, 0.5) is 0 Å². The maximum Gasteiger partial charge on any atom is 0.204 e. The van der Waals surface area contributed by atoms with Gasteiger partial charge in [-0.2, -0.15) is 5.10 Å². The monoisotopic (exact) mass is 275 g/mol. The lowest BCUT2D eigenvalue weighted by molar-refractivity contribution is 0.400. The fraction of sp³-hybridized carbons (Fsp3) is 0.286. The van der Waals surface area contributed by atoms with E-state index in [9.17, 15) is 4.79 Å². The van der Waals surface area contributed by atoms with Gasteiger partial charge in [0.1, 0.15) is 22.9 Å².